The van der Waals surface area contributed by atoms with Crippen LogP contribution in [0.15, 0.2) is 30.3 Å². The van der Waals surface area contributed by atoms with E-state index in [1.807, 2.05) is 13.8 Å². The smallest absolute Gasteiger partial charge is 0.419 e. The number of para-hydroxylation sites is 1. The standard InChI is InChI=1S/C14H14F3N3O/c1-8(2)13-19-11(18)7-12(20-13)21-10-6-4-3-5-9(10)14(15,16)17/h3-8H,1-2H3,(H2,18,19,20). The molecule has 2 N–H and O–H groups in total. The van der Waals surface area contributed by atoms with E-state index < -0.39 is 11.7 Å². The first-order chi connectivity index (χ1) is 9.77. The van der Waals surface area contributed by atoms with Crippen molar-refractivity contribution in [3.8, 4) is 11.6 Å². The Balaban J connectivity index is 2.39. The van der Waals surface area contributed by atoms with Crippen molar-refractivity contribution < 1.29 is 17.9 Å². The van der Waals surface area contributed by atoms with Gasteiger partial charge in [0, 0.05) is 12.0 Å². The van der Waals surface area contributed by atoms with Crippen LogP contribution in [0.2, 0.25) is 0 Å². The number of aromatic nitrogens is 2. The number of nitrogens with two attached hydrogens (primary N) is 1. The summed E-state index contributed by atoms with van der Waals surface area (Å²) in [7, 11) is 0. The molecule has 2 rings (SSSR count). The predicted octanol–water partition coefficient (Wildman–Crippen LogP) is 3.99. The van der Waals surface area contributed by atoms with Crippen LogP contribution in [0.3, 0.4) is 0 Å². The normalized spacial score (nSPS) is 11.7. The van der Waals surface area contributed by atoms with Crippen LogP contribution in [-0.4, -0.2) is 9.97 Å². The quantitative estimate of drug-likeness (QED) is 0.930. The molecule has 2 aromatic rings. The van der Waals surface area contributed by atoms with Crippen LogP contribution in [0.1, 0.15) is 31.2 Å². The summed E-state index contributed by atoms with van der Waals surface area (Å²) in [6.07, 6.45) is -4.50. The van der Waals surface area contributed by atoms with Gasteiger partial charge in [0.25, 0.3) is 0 Å². The average Bonchev–Trinajstić information content (AvgIpc) is 2.37. The number of hydrogen-bond acceptors (Lipinski definition) is 4. The number of nitrogen functional groups attached to an aromatic ring is 1. The first kappa shape index (κ1) is 15.1. The highest BCUT2D eigenvalue weighted by Crippen LogP contribution is 2.37. The van der Waals surface area contributed by atoms with E-state index in [9.17, 15) is 13.2 Å². The lowest BCUT2D eigenvalue weighted by atomic mass is 10.2. The van der Waals surface area contributed by atoms with Crippen LogP contribution >= 0.6 is 0 Å². The van der Waals surface area contributed by atoms with Crippen LogP contribution in [0.5, 0.6) is 11.6 Å². The molecule has 0 aliphatic rings. The molecule has 112 valence electrons. The van der Waals surface area contributed by atoms with Crippen LogP contribution in [0.4, 0.5) is 19.0 Å². The maximum atomic E-state index is 12.9. The first-order valence-electron chi connectivity index (χ1n) is 6.26. The van der Waals surface area contributed by atoms with Crippen LogP contribution < -0.4 is 10.5 Å². The van der Waals surface area contributed by atoms with Crippen molar-refractivity contribution >= 4 is 5.82 Å². The lowest BCUT2D eigenvalue weighted by Crippen LogP contribution is -2.08. The molecule has 0 atom stereocenters. The van der Waals surface area contributed by atoms with Crippen molar-refractivity contribution in [3.63, 3.8) is 0 Å². The van der Waals surface area contributed by atoms with E-state index in [0.717, 1.165) is 6.07 Å². The van der Waals surface area contributed by atoms with Crippen LogP contribution in [0.25, 0.3) is 0 Å². The topological polar surface area (TPSA) is 61.0 Å². The third-order valence-electron chi connectivity index (χ3n) is 2.66. The molecule has 21 heavy (non-hydrogen) atoms. The van der Waals surface area contributed by atoms with E-state index in [1.54, 1.807) is 0 Å². The average molecular weight is 297 g/mol. The number of rotatable bonds is 3. The monoisotopic (exact) mass is 297 g/mol. The van der Waals surface area contributed by atoms with Gasteiger partial charge in [-0.15, -0.1) is 0 Å². The van der Waals surface area contributed by atoms with Gasteiger partial charge in [-0.05, 0) is 12.1 Å². The van der Waals surface area contributed by atoms with Gasteiger partial charge in [-0.1, -0.05) is 26.0 Å². The van der Waals surface area contributed by atoms with E-state index in [4.69, 9.17) is 10.5 Å². The second kappa shape index (κ2) is 5.59. The third-order valence-corrected chi connectivity index (χ3v) is 2.66. The summed E-state index contributed by atoms with van der Waals surface area (Å²) in [4.78, 5) is 8.08. The molecule has 0 aliphatic heterocycles. The Kier molecular flexibility index (Phi) is 4.02. The van der Waals surface area contributed by atoms with E-state index in [2.05, 4.69) is 9.97 Å². The molecule has 4 nitrogen and oxygen atoms in total. The van der Waals surface area contributed by atoms with Gasteiger partial charge in [-0.2, -0.15) is 18.2 Å². The zero-order valence-corrected chi connectivity index (χ0v) is 11.5. The number of alkyl halides is 3. The Hall–Kier alpha value is -2.31. The third kappa shape index (κ3) is 3.62. The molecule has 1 heterocycles. The van der Waals surface area contributed by atoms with Gasteiger partial charge >= 0.3 is 6.18 Å². The summed E-state index contributed by atoms with van der Waals surface area (Å²) in [5, 5.41) is 0. The Morgan fingerprint density at radius 1 is 1.14 bits per heavy atom. The van der Waals surface area contributed by atoms with Crippen LogP contribution in [-0.2, 0) is 6.18 Å². The van der Waals surface area contributed by atoms with Crippen molar-refractivity contribution in [1.82, 2.24) is 9.97 Å². The molecule has 0 saturated carbocycles. The number of halogens is 3. The maximum Gasteiger partial charge on any atom is 0.419 e. The Labute approximate surface area is 119 Å². The Morgan fingerprint density at radius 2 is 1.81 bits per heavy atom. The lowest BCUT2D eigenvalue weighted by molar-refractivity contribution is -0.138. The van der Waals surface area contributed by atoms with Gasteiger partial charge in [0.15, 0.2) is 0 Å². The molecule has 0 saturated heterocycles. The molecule has 0 radical (unpaired) electrons. The largest absolute Gasteiger partial charge is 0.438 e. The lowest BCUT2D eigenvalue weighted by Gasteiger charge is -2.14. The van der Waals surface area contributed by atoms with Crippen molar-refractivity contribution in [2.75, 3.05) is 5.73 Å². The number of hydrogen-bond donors (Lipinski definition) is 1. The molecule has 0 bridgehead atoms. The van der Waals surface area contributed by atoms with E-state index in [0.29, 0.717) is 5.82 Å². The fourth-order valence-corrected chi connectivity index (χ4v) is 1.67. The Bertz CT molecular complexity index is 642. The highest BCUT2D eigenvalue weighted by atomic mass is 19.4. The minimum absolute atomic E-state index is 0.0112. The van der Waals surface area contributed by atoms with Crippen molar-refractivity contribution in [3.05, 3.63) is 41.7 Å². The summed E-state index contributed by atoms with van der Waals surface area (Å²) in [5.41, 5.74) is 4.75. The summed E-state index contributed by atoms with van der Waals surface area (Å²) in [6.45, 7) is 3.70. The van der Waals surface area contributed by atoms with Gasteiger partial charge in [0.2, 0.25) is 5.88 Å². The van der Waals surface area contributed by atoms with Crippen LogP contribution in [0, 0.1) is 0 Å². The van der Waals surface area contributed by atoms with Crippen molar-refractivity contribution in [2.24, 2.45) is 0 Å². The van der Waals surface area contributed by atoms with Crippen molar-refractivity contribution in [2.45, 2.75) is 25.9 Å². The maximum absolute atomic E-state index is 12.9. The molecule has 0 aliphatic carbocycles. The van der Waals surface area contributed by atoms with Gasteiger partial charge < -0.3 is 10.5 Å². The highest BCUT2D eigenvalue weighted by Gasteiger charge is 2.34. The minimum Gasteiger partial charge on any atom is -0.438 e. The van der Waals surface area contributed by atoms with Crippen molar-refractivity contribution in [1.29, 1.82) is 0 Å². The SMILES string of the molecule is CC(C)c1nc(N)cc(Oc2ccccc2C(F)(F)F)n1. The fraction of sp³-hybridized carbons (Fsp3) is 0.286. The molecular formula is C14H14F3N3O. The zero-order valence-electron chi connectivity index (χ0n) is 11.5. The molecule has 1 aromatic carbocycles. The zero-order chi connectivity index (χ0) is 15.6. The second-order valence-corrected chi connectivity index (χ2v) is 4.74. The van der Waals surface area contributed by atoms with E-state index in [-0.39, 0.29) is 23.4 Å². The summed E-state index contributed by atoms with van der Waals surface area (Å²) in [6, 6.07) is 6.22. The molecule has 7 heteroatoms. The van der Waals surface area contributed by atoms with Gasteiger partial charge in [0.05, 0.1) is 5.56 Å². The molecular weight excluding hydrogens is 283 g/mol. The van der Waals surface area contributed by atoms with Gasteiger partial charge in [-0.25, -0.2) is 4.98 Å². The Morgan fingerprint density at radius 3 is 2.43 bits per heavy atom. The molecule has 0 amide bonds. The predicted molar refractivity (Wildman–Crippen MR) is 72.1 cm³/mol. The van der Waals surface area contributed by atoms with Gasteiger partial charge in [0.1, 0.15) is 17.4 Å². The molecule has 0 unspecified atom stereocenters. The minimum atomic E-state index is -4.50. The second-order valence-electron chi connectivity index (χ2n) is 4.74. The highest BCUT2D eigenvalue weighted by molar-refractivity contribution is 5.40. The summed E-state index contributed by atoms with van der Waals surface area (Å²) >= 11 is 0. The van der Waals surface area contributed by atoms with E-state index >= 15 is 0 Å². The first-order valence-corrected chi connectivity index (χ1v) is 6.26. The summed E-state index contributed by atoms with van der Waals surface area (Å²) in [5.74, 6) is 0.206. The number of anilines is 1. The number of nitrogens with zero attached hydrogens (tertiary/aromatic N) is 2. The molecule has 1 aromatic heterocycles. The fourth-order valence-electron chi connectivity index (χ4n) is 1.67. The van der Waals surface area contributed by atoms with E-state index in [1.165, 1.54) is 24.3 Å². The number of benzene rings is 1. The van der Waals surface area contributed by atoms with Gasteiger partial charge in [-0.3, -0.25) is 0 Å². The number of ether oxygens (including phenoxy) is 1. The summed E-state index contributed by atoms with van der Waals surface area (Å²) < 4.78 is 44.0. The molecule has 0 fully saturated rings. The molecule has 0 spiro atoms.